The molecule has 0 radical (unpaired) electrons. The fourth-order valence-corrected chi connectivity index (χ4v) is 1.45. The van der Waals surface area contributed by atoms with E-state index in [-0.39, 0.29) is 6.04 Å². The zero-order chi connectivity index (χ0) is 9.02. The van der Waals surface area contributed by atoms with Gasteiger partial charge in [-0.2, -0.15) is 0 Å². The maximum atomic E-state index is 10.4. The summed E-state index contributed by atoms with van der Waals surface area (Å²) in [7, 11) is 1.78. The lowest BCUT2D eigenvalue weighted by Gasteiger charge is -2.28. The van der Waals surface area contributed by atoms with Crippen LogP contribution in [0.3, 0.4) is 0 Å². The third-order valence-electron chi connectivity index (χ3n) is 1.74. The van der Waals surface area contributed by atoms with Crippen molar-refractivity contribution >= 4 is 6.41 Å². The Kier molecular flexibility index (Phi) is 3.86. The van der Waals surface area contributed by atoms with Crippen LogP contribution < -0.4 is 0 Å². The smallest absolute Gasteiger partial charge is 0.209 e. The molecule has 0 spiro atoms. The van der Waals surface area contributed by atoms with Crippen molar-refractivity contribution in [3.05, 3.63) is 12.2 Å². The Morgan fingerprint density at radius 3 is 2.09 bits per heavy atom. The van der Waals surface area contributed by atoms with E-state index in [9.17, 15) is 4.79 Å². The van der Waals surface area contributed by atoms with E-state index in [1.807, 2.05) is 6.92 Å². The van der Waals surface area contributed by atoms with E-state index in [2.05, 4.69) is 20.4 Å². The van der Waals surface area contributed by atoms with Gasteiger partial charge in [0.1, 0.15) is 0 Å². The predicted molar refractivity (Wildman–Crippen MR) is 47.3 cm³/mol. The number of hydrogen-bond donors (Lipinski definition) is 0. The van der Waals surface area contributed by atoms with Gasteiger partial charge in [-0.1, -0.05) is 26.0 Å². The number of rotatable bonds is 4. The molecule has 0 aliphatic rings. The Morgan fingerprint density at radius 2 is 2.00 bits per heavy atom. The number of hydrogen-bond acceptors (Lipinski definition) is 1. The molecule has 0 N–H and O–H groups in total. The van der Waals surface area contributed by atoms with Crippen LogP contribution in [0.15, 0.2) is 12.2 Å². The topological polar surface area (TPSA) is 20.3 Å². The van der Waals surface area contributed by atoms with E-state index in [1.54, 1.807) is 11.9 Å². The van der Waals surface area contributed by atoms with Gasteiger partial charge in [-0.05, 0) is 12.8 Å². The second kappa shape index (κ2) is 4.16. The van der Waals surface area contributed by atoms with Crippen molar-refractivity contribution < 1.29 is 4.79 Å². The largest absolute Gasteiger partial charge is 0.341 e. The number of nitrogens with zero attached hydrogens (tertiary/aromatic N) is 1. The first-order chi connectivity index (χ1) is 5.00. The zero-order valence-corrected chi connectivity index (χ0v) is 7.79. The van der Waals surface area contributed by atoms with Crippen LogP contribution in [-0.2, 0) is 4.79 Å². The molecule has 1 amide bonds. The number of likely N-dealkylation sites (N-methyl/N-ethyl adjacent to an activating group) is 1. The van der Waals surface area contributed by atoms with E-state index in [0.29, 0.717) is 5.92 Å². The molecule has 0 saturated carbocycles. The van der Waals surface area contributed by atoms with Crippen LogP contribution >= 0.6 is 0 Å². The summed E-state index contributed by atoms with van der Waals surface area (Å²) in [6, 6.07) is 0.174. The molecule has 1 unspecified atom stereocenters. The van der Waals surface area contributed by atoms with E-state index in [4.69, 9.17) is 0 Å². The molecule has 0 aromatic heterocycles. The summed E-state index contributed by atoms with van der Waals surface area (Å²) in [5, 5.41) is 0. The van der Waals surface area contributed by atoms with Crippen molar-refractivity contribution in [2.75, 3.05) is 7.05 Å². The average molecular weight is 155 g/mol. The third kappa shape index (κ3) is 2.74. The summed E-state index contributed by atoms with van der Waals surface area (Å²) in [4.78, 5) is 12.1. The molecule has 0 bridgehead atoms. The number of carbonyl (C=O) groups is 1. The van der Waals surface area contributed by atoms with Gasteiger partial charge in [0, 0.05) is 7.05 Å². The Hall–Kier alpha value is -0.790. The molecular weight excluding hydrogens is 138 g/mol. The molecule has 2 nitrogen and oxygen atoms in total. The maximum absolute atomic E-state index is 10.4. The molecule has 0 heterocycles. The monoisotopic (exact) mass is 155 g/mol. The van der Waals surface area contributed by atoms with Gasteiger partial charge >= 0.3 is 0 Å². The van der Waals surface area contributed by atoms with E-state index >= 15 is 0 Å². The highest BCUT2D eigenvalue weighted by atomic mass is 16.1. The van der Waals surface area contributed by atoms with Crippen LogP contribution in [0.2, 0.25) is 0 Å². The highest BCUT2D eigenvalue weighted by Gasteiger charge is 2.17. The molecule has 64 valence electrons. The van der Waals surface area contributed by atoms with Crippen LogP contribution in [-0.4, -0.2) is 24.4 Å². The Bertz CT molecular complexity index is 152. The lowest BCUT2D eigenvalue weighted by molar-refractivity contribution is -0.118. The fourth-order valence-electron chi connectivity index (χ4n) is 1.45. The van der Waals surface area contributed by atoms with Crippen molar-refractivity contribution in [3.8, 4) is 0 Å². The Balaban J connectivity index is 4.33. The van der Waals surface area contributed by atoms with Crippen LogP contribution in [0.1, 0.15) is 20.8 Å². The quantitative estimate of drug-likeness (QED) is 0.447. The number of carbonyl (C=O) groups excluding carboxylic acids is 1. The van der Waals surface area contributed by atoms with Crippen LogP contribution in [0.5, 0.6) is 0 Å². The van der Waals surface area contributed by atoms with Gasteiger partial charge in [-0.3, -0.25) is 4.79 Å². The molecule has 0 aromatic rings. The highest BCUT2D eigenvalue weighted by Crippen LogP contribution is 2.14. The predicted octanol–water partition coefficient (Wildman–Crippen LogP) is 1.68. The van der Waals surface area contributed by atoms with Crippen LogP contribution in [0.25, 0.3) is 0 Å². The van der Waals surface area contributed by atoms with Crippen molar-refractivity contribution in [1.82, 2.24) is 4.90 Å². The lowest BCUT2D eigenvalue weighted by Crippen LogP contribution is -2.35. The highest BCUT2D eigenvalue weighted by molar-refractivity contribution is 5.48. The summed E-state index contributed by atoms with van der Waals surface area (Å²) < 4.78 is 0. The minimum absolute atomic E-state index is 0.174. The molecule has 0 aliphatic heterocycles. The van der Waals surface area contributed by atoms with Gasteiger partial charge < -0.3 is 4.90 Å². The van der Waals surface area contributed by atoms with Crippen molar-refractivity contribution in [3.63, 3.8) is 0 Å². The van der Waals surface area contributed by atoms with E-state index in [1.165, 1.54) is 0 Å². The minimum Gasteiger partial charge on any atom is -0.341 e. The van der Waals surface area contributed by atoms with E-state index < -0.39 is 0 Å². The molecule has 2 heteroatoms. The second-order valence-electron chi connectivity index (χ2n) is 3.31. The average Bonchev–Trinajstić information content (AvgIpc) is 1.85. The van der Waals surface area contributed by atoms with Gasteiger partial charge in [0.15, 0.2) is 0 Å². The molecule has 0 saturated heterocycles. The Labute approximate surface area is 68.9 Å². The molecule has 1 atom stereocenters. The van der Waals surface area contributed by atoms with Gasteiger partial charge in [0.05, 0.1) is 6.04 Å². The van der Waals surface area contributed by atoms with Crippen LogP contribution in [0.4, 0.5) is 0 Å². The summed E-state index contributed by atoms with van der Waals surface area (Å²) in [5.74, 6) is 0.433. The molecule has 0 fully saturated rings. The SMILES string of the molecule is C=C(C)C(C(C)C)N(C)C=O. The van der Waals surface area contributed by atoms with Crippen molar-refractivity contribution in [1.29, 1.82) is 0 Å². The van der Waals surface area contributed by atoms with Crippen molar-refractivity contribution in [2.45, 2.75) is 26.8 Å². The zero-order valence-electron chi connectivity index (χ0n) is 7.79. The van der Waals surface area contributed by atoms with Gasteiger partial charge in [-0.15, -0.1) is 0 Å². The van der Waals surface area contributed by atoms with Gasteiger partial charge in [-0.25, -0.2) is 0 Å². The van der Waals surface area contributed by atoms with Crippen LogP contribution in [0, 0.1) is 5.92 Å². The molecule has 0 aromatic carbocycles. The summed E-state index contributed by atoms with van der Waals surface area (Å²) in [6.45, 7) is 9.96. The summed E-state index contributed by atoms with van der Waals surface area (Å²) >= 11 is 0. The molecule has 0 rings (SSSR count). The Morgan fingerprint density at radius 1 is 1.55 bits per heavy atom. The first-order valence-corrected chi connectivity index (χ1v) is 3.83. The molecular formula is C9H17NO. The third-order valence-corrected chi connectivity index (χ3v) is 1.74. The fraction of sp³-hybridized carbons (Fsp3) is 0.667. The molecule has 11 heavy (non-hydrogen) atoms. The first kappa shape index (κ1) is 10.2. The lowest BCUT2D eigenvalue weighted by atomic mass is 9.97. The molecule has 0 aliphatic carbocycles. The standard InChI is InChI=1S/C9H17NO/c1-7(2)9(8(3)4)10(5)6-11/h6,8-9H,1H2,2-5H3. The minimum atomic E-state index is 0.174. The summed E-state index contributed by atoms with van der Waals surface area (Å²) in [6.07, 6.45) is 0.847. The van der Waals surface area contributed by atoms with E-state index in [0.717, 1.165) is 12.0 Å². The maximum Gasteiger partial charge on any atom is 0.209 e. The van der Waals surface area contributed by atoms with Gasteiger partial charge in [0.2, 0.25) is 6.41 Å². The first-order valence-electron chi connectivity index (χ1n) is 3.83. The van der Waals surface area contributed by atoms with Crippen molar-refractivity contribution in [2.24, 2.45) is 5.92 Å². The second-order valence-corrected chi connectivity index (χ2v) is 3.31. The summed E-state index contributed by atoms with van der Waals surface area (Å²) in [5.41, 5.74) is 1.04. The normalized spacial score (nSPS) is 12.8. The number of amides is 1. The van der Waals surface area contributed by atoms with Gasteiger partial charge in [0.25, 0.3) is 0 Å².